The van der Waals surface area contributed by atoms with Gasteiger partial charge in [0.15, 0.2) is 0 Å². The summed E-state index contributed by atoms with van der Waals surface area (Å²) in [5.41, 5.74) is 2.40. The lowest BCUT2D eigenvalue weighted by molar-refractivity contribution is 1.61. The molecule has 0 saturated carbocycles. The number of hydrogen-bond donors (Lipinski definition) is 0. The first-order chi connectivity index (χ1) is 11.7. The highest BCUT2D eigenvalue weighted by atomic mass is 79.9. The van der Waals surface area contributed by atoms with Gasteiger partial charge in [0.25, 0.3) is 0 Å². The normalized spacial score (nSPS) is 11.6. The van der Waals surface area contributed by atoms with Crippen LogP contribution in [0, 0.1) is 0 Å². The highest BCUT2D eigenvalue weighted by molar-refractivity contribution is 9.10. The molecular weight excluding hydrogens is 424 g/mol. The fourth-order valence-corrected chi connectivity index (χ4v) is 3.53. The van der Waals surface area contributed by atoms with Crippen molar-refractivity contribution in [2.75, 3.05) is 0 Å². The van der Waals surface area contributed by atoms with Gasteiger partial charge in [-0.15, -0.1) is 0 Å². The van der Waals surface area contributed by atoms with Crippen molar-refractivity contribution in [2.45, 2.75) is 0 Å². The summed E-state index contributed by atoms with van der Waals surface area (Å²) in [6.07, 6.45) is 4.31. The van der Waals surface area contributed by atoms with Crippen LogP contribution in [0.1, 0.15) is 11.1 Å². The summed E-state index contributed by atoms with van der Waals surface area (Å²) in [6.45, 7) is 0. The second-order valence-electron chi connectivity index (χ2n) is 5.80. The summed E-state index contributed by atoms with van der Waals surface area (Å²) >= 11 is 7.06. The lowest BCUT2D eigenvalue weighted by atomic mass is 9.99. The molecule has 0 unspecified atom stereocenters. The highest BCUT2D eigenvalue weighted by Crippen LogP contribution is 2.29. The van der Waals surface area contributed by atoms with Gasteiger partial charge in [-0.25, -0.2) is 0 Å². The first kappa shape index (κ1) is 15.6. The molecule has 0 aliphatic rings. The Labute approximate surface area is 158 Å². The van der Waals surface area contributed by atoms with Crippen LogP contribution < -0.4 is 0 Å². The SMILES string of the molecule is Brc1ccc(C=Cc2ccc3ccc4ccc(Br)cc4c3c2)cc1. The number of halogens is 2. The minimum atomic E-state index is 1.10. The average molecular weight is 438 g/mol. The number of benzene rings is 4. The van der Waals surface area contributed by atoms with Crippen molar-refractivity contribution >= 4 is 65.6 Å². The molecule has 0 aromatic heterocycles. The summed E-state index contributed by atoms with van der Waals surface area (Å²) in [4.78, 5) is 0. The van der Waals surface area contributed by atoms with E-state index < -0.39 is 0 Å². The Balaban J connectivity index is 1.80. The van der Waals surface area contributed by atoms with Gasteiger partial charge in [-0.1, -0.05) is 86.5 Å². The van der Waals surface area contributed by atoms with Crippen LogP contribution in [-0.2, 0) is 0 Å². The molecule has 0 spiro atoms. The van der Waals surface area contributed by atoms with E-state index in [2.05, 4.69) is 117 Å². The van der Waals surface area contributed by atoms with E-state index in [1.54, 1.807) is 0 Å². The summed E-state index contributed by atoms with van der Waals surface area (Å²) < 4.78 is 2.21. The van der Waals surface area contributed by atoms with Crippen molar-refractivity contribution in [3.05, 3.63) is 92.9 Å². The fourth-order valence-electron chi connectivity index (χ4n) is 2.91. The zero-order valence-corrected chi connectivity index (χ0v) is 16.0. The molecule has 0 nitrogen and oxygen atoms in total. The van der Waals surface area contributed by atoms with Crippen LogP contribution in [0.2, 0.25) is 0 Å². The molecule has 0 N–H and O–H groups in total. The third-order valence-corrected chi connectivity index (χ3v) is 5.19. The van der Waals surface area contributed by atoms with E-state index in [1.165, 1.54) is 32.7 Å². The average Bonchev–Trinajstić information content (AvgIpc) is 2.61. The summed E-state index contributed by atoms with van der Waals surface area (Å²) in [5, 5.41) is 5.09. The lowest BCUT2D eigenvalue weighted by Gasteiger charge is -2.06. The minimum Gasteiger partial charge on any atom is -0.0544 e. The Bertz CT molecular complexity index is 1060. The molecule has 4 aromatic rings. The molecule has 0 fully saturated rings. The first-order valence-corrected chi connectivity index (χ1v) is 9.33. The van der Waals surface area contributed by atoms with E-state index in [0.29, 0.717) is 0 Å². The second kappa shape index (κ2) is 6.54. The van der Waals surface area contributed by atoms with Gasteiger partial charge in [-0.2, -0.15) is 0 Å². The van der Waals surface area contributed by atoms with Gasteiger partial charge < -0.3 is 0 Å². The molecule has 0 radical (unpaired) electrons. The predicted octanol–water partition coefficient (Wildman–Crippen LogP) is 7.69. The summed E-state index contributed by atoms with van der Waals surface area (Å²) in [7, 11) is 0. The lowest BCUT2D eigenvalue weighted by Crippen LogP contribution is -1.80. The standard InChI is InChI=1S/C22H14Br2/c23-19-10-4-15(5-11-19)1-2-16-3-6-17-7-8-18-9-12-20(24)14-22(18)21(17)13-16/h1-14H. The van der Waals surface area contributed by atoms with Crippen molar-refractivity contribution in [2.24, 2.45) is 0 Å². The van der Waals surface area contributed by atoms with Gasteiger partial charge in [0.05, 0.1) is 0 Å². The van der Waals surface area contributed by atoms with Crippen molar-refractivity contribution < 1.29 is 0 Å². The van der Waals surface area contributed by atoms with E-state index >= 15 is 0 Å². The molecule has 2 heteroatoms. The van der Waals surface area contributed by atoms with Gasteiger partial charge in [0, 0.05) is 8.95 Å². The molecule has 0 heterocycles. The van der Waals surface area contributed by atoms with Crippen LogP contribution in [-0.4, -0.2) is 0 Å². The Hall–Kier alpha value is -1.90. The van der Waals surface area contributed by atoms with Crippen molar-refractivity contribution in [1.29, 1.82) is 0 Å². The summed E-state index contributed by atoms with van der Waals surface area (Å²) in [6, 6.07) is 25.8. The minimum absolute atomic E-state index is 1.10. The number of fused-ring (bicyclic) bond motifs is 3. The third-order valence-electron chi connectivity index (χ3n) is 4.16. The molecule has 24 heavy (non-hydrogen) atoms. The van der Waals surface area contributed by atoms with Gasteiger partial charge in [-0.3, -0.25) is 0 Å². The number of rotatable bonds is 2. The van der Waals surface area contributed by atoms with Crippen molar-refractivity contribution in [3.63, 3.8) is 0 Å². The molecule has 4 rings (SSSR count). The maximum absolute atomic E-state index is 3.59. The number of hydrogen-bond acceptors (Lipinski definition) is 0. The highest BCUT2D eigenvalue weighted by Gasteiger charge is 2.02. The van der Waals surface area contributed by atoms with Gasteiger partial charge >= 0.3 is 0 Å². The molecule has 4 aromatic carbocycles. The largest absolute Gasteiger partial charge is 0.0544 e. The summed E-state index contributed by atoms with van der Waals surface area (Å²) in [5.74, 6) is 0. The molecule has 0 amide bonds. The van der Waals surface area contributed by atoms with E-state index in [-0.39, 0.29) is 0 Å². The van der Waals surface area contributed by atoms with Gasteiger partial charge in [-0.05, 0) is 63.0 Å². The Morgan fingerprint density at radius 2 is 1.00 bits per heavy atom. The molecule has 0 aliphatic heterocycles. The zero-order valence-electron chi connectivity index (χ0n) is 12.8. The smallest absolute Gasteiger partial charge is 0.0181 e. The molecule has 0 aliphatic carbocycles. The topological polar surface area (TPSA) is 0 Å². The van der Waals surface area contributed by atoms with E-state index in [4.69, 9.17) is 0 Å². The van der Waals surface area contributed by atoms with E-state index in [1.807, 2.05) is 0 Å². The maximum atomic E-state index is 3.59. The molecular formula is C22H14Br2. The van der Waals surface area contributed by atoms with Crippen LogP contribution >= 0.6 is 31.9 Å². The molecule has 0 bridgehead atoms. The van der Waals surface area contributed by atoms with Crippen molar-refractivity contribution in [3.8, 4) is 0 Å². The van der Waals surface area contributed by atoms with Crippen LogP contribution in [0.5, 0.6) is 0 Å². The molecule has 0 saturated heterocycles. The van der Waals surface area contributed by atoms with Gasteiger partial charge in [0.2, 0.25) is 0 Å². The Morgan fingerprint density at radius 3 is 1.75 bits per heavy atom. The Kier molecular flexibility index (Phi) is 4.26. The van der Waals surface area contributed by atoms with Gasteiger partial charge in [0.1, 0.15) is 0 Å². The molecule has 116 valence electrons. The predicted molar refractivity (Wildman–Crippen MR) is 112 cm³/mol. The monoisotopic (exact) mass is 436 g/mol. The van der Waals surface area contributed by atoms with Crippen LogP contribution in [0.4, 0.5) is 0 Å². The quantitative estimate of drug-likeness (QED) is 0.222. The van der Waals surface area contributed by atoms with Crippen LogP contribution in [0.15, 0.2) is 81.7 Å². The third kappa shape index (κ3) is 3.17. The molecule has 0 atom stereocenters. The van der Waals surface area contributed by atoms with Crippen molar-refractivity contribution in [1.82, 2.24) is 0 Å². The maximum Gasteiger partial charge on any atom is 0.0181 e. The Morgan fingerprint density at radius 1 is 0.500 bits per heavy atom. The zero-order chi connectivity index (χ0) is 16.5. The van der Waals surface area contributed by atoms with E-state index in [0.717, 1.165) is 8.95 Å². The van der Waals surface area contributed by atoms with E-state index in [9.17, 15) is 0 Å². The first-order valence-electron chi connectivity index (χ1n) is 7.75. The van der Waals surface area contributed by atoms with Crippen LogP contribution in [0.3, 0.4) is 0 Å². The fraction of sp³-hybridized carbons (Fsp3) is 0. The second-order valence-corrected chi connectivity index (χ2v) is 7.63. The van der Waals surface area contributed by atoms with Crippen LogP contribution in [0.25, 0.3) is 33.7 Å².